The smallest absolute Gasteiger partial charge is 0.317 e. The Labute approximate surface area is 131 Å². The Balaban J connectivity index is 1.93. The molecule has 1 saturated carbocycles. The van der Waals surface area contributed by atoms with Crippen LogP contribution in [0.4, 0.5) is 4.79 Å². The van der Waals surface area contributed by atoms with E-state index in [4.69, 9.17) is 5.11 Å². The molecule has 0 spiro atoms. The Morgan fingerprint density at radius 2 is 2.00 bits per heavy atom. The van der Waals surface area contributed by atoms with Gasteiger partial charge in [-0.25, -0.2) is 4.79 Å². The van der Waals surface area contributed by atoms with Gasteiger partial charge in [0.2, 0.25) is 0 Å². The Kier molecular flexibility index (Phi) is 5.81. The number of benzene rings is 1. The molecule has 22 heavy (non-hydrogen) atoms. The highest BCUT2D eigenvalue weighted by atomic mass is 16.4. The fraction of sp³-hybridized carbons (Fsp3) is 0.529. The molecule has 5 nitrogen and oxygen atoms in total. The summed E-state index contributed by atoms with van der Waals surface area (Å²) in [5.41, 5.74) is 1.10. The maximum absolute atomic E-state index is 12.3. The number of aliphatic carboxylic acids is 1. The lowest BCUT2D eigenvalue weighted by atomic mass is 9.92. The summed E-state index contributed by atoms with van der Waals surface area (Å²) < 4.78 is 0. The Hall–Kier alpha value is -2.04. The first-order chi connectivity index (χ1) is 10.6. The molecular weight excluding hydrogens is 280 g/mol. The number of hydrogen-bond acceptors (Lipinski definition) is 2. The average Bonchev–Trinajstić information content (AvgIpc) is 2.43. The molecule has 1 aliphatic rings. The number of rotatable bonds is 7. The van der Waals surface area contributed by atoms with E-state index in [0.717, 1.165) is 18.4 Å². The number of amides is 2. The molecule has 0 aromatic heterocycles. The molecule has 5 heteroatoms. The van der Waals surface area contributed by atoms with E-state index in [2.05, 4.69) is 5.32 Å². The number of nitrogens with zero attached hydrogens (tertiary/aromatic N) is 1. The van der Waals surface area contributed by atoms with Gasteiger partial charge in [0.1, 0.15) is 0 Å². The van der Waals surface area contributed by atoms with Crippen molar-refractivity contribution in [2.75, 3.05) is 7.05 Å². The number of urea groups is 1. The third-order valence-corrected chi connectivity index (χ3v) is 4.30. The largest absolute Gasteiger partial charge is 0.481 e. The zero-order valence-corrected chi connectivity index (χ0v) is 13.0. The van der Waals surface area contributed by atoms with Crippen LogP contribution in [0.3, 0.4) is 0 Å². The highest BCUT2D eigenvalue weighted by molar-refractivity contribution is 5.75. The summed E-state index contributed by atoms with van der Waals surface area (Å²) in [7, 11) is 1.82. The molecule has 0 aliphatic heterocycles. The van der Waals surface area contributed by atoms with Gasteiger partial charge in [-0.3, -0.25) is 4.79 Å². The van der Waals surface area contributed by atoms with Gasteiger partial charge in [-0.15, -0.1) is 0 Å². The SMILES string of the molecule is CN(C(=O)NC(CCC(=O)O)Cc1ccccc1)C1CCC1. The quantitative estimate of drug-likeness (QED) is 0.813. The zero-order valence-electron chi connectivity index (χ0n) is 13.0. The Bertz CT molecular complexity index is 500. The third kappa shape index (κ3) is 4.76. The van der Waals surface area contributed by atoms with Gasteiger partial charge in [0.15, 0.2) is 0 Å². The lowest BCUT2D eigenvalue weighted by Crippen LogP contribution is -2.50. The van der Waals surface area contributed by atoms with E-state index < -0.39 is 5.97 Å². The van der Waals surface area contributed by atoms with Crippen LogP contribution in [0.2, 0.25) is 0 Å². The van der Waals surface area contributed by atoms with Gasteiger partial charge in [0, 0.05) is 25.6 Å². The van der Waals surface area contributed by atoms with Gasteiger partial charge in [-0.05, 0) is 37.7 Å². The van der Waals surface area contributed by atoms with Crippen LogP contribution in [0.5, 0.6) is 0 Å². The van der Waals surface area contributed by atoms with Gasteiger partial charge in [-0.2, -0.15) is 0 Å². The summed E-state index contributed by atoms with van der Waals surface area (Å²) in [6.07, 6.45) is 4.44. The van der Waals surface area contributed by atoms with Gasteiger partial charge >= 0.3 is 12.0 Å². The predicted octanol–water partition coefficient (Wildman–Crippen LogP) is 2.66. The molecule has 1 aromatic rings. The summed E-state index contributed by atoms with van der Waals surface area (Å²) in [4.78, 5) is 24.9. The second kappa shape index (κ2) is 7.82. The molecule has 2 amide bonds. The third-order valence-electron chi connectivity index (χ3n) is 4.30. The maximum atomic E-state index is 12.3. The average molecular weight is 304 g/mol. The molecule has 1 unspecified atom stereocenters. The van der Waals surface area contributed by atoms with Crippen molar-refractivity contribution >= 4 is 12.0 Å². The Morgan fingerprint density at radius 3 is 2.55 bits per heavy atom. The number of nitrogens with one attached hydrogen (secondary N) is 1. The molecule has 2 N–H and O–H groups in total. The van der Waals surface area contributed by atoms with Crippen molar-refractivity contribution in [1.82, 2.24) is 10.2 Å². The summed E-state index contributed by atoms with van der Waals surface area (Å²) >= 11 is 0. The lowest BCUT2D eigenvalue weighted by Gasteiger charge is -2.35. The molecule has 120 valence electrons. The van der Waals surface area contributed by atoms with Crippen molar-refractivity contribution in [1.29, 1.82) is 0 Å². The highest BCUT2D eigenvalue weighted by Crippen LogP contribution is 2.23. The van der Waals surface area contributed by atoms with E-state index in [0.29, 0.717) is 18.9 Å². The molecule has 0 saturated heterocycles. The highest BCUT2D eigenvalue weighted by Gasteiger charge is 2.26. The van der Waals surface area contributed by atoms with E-state index >= 15 is 0 Å². The second-order valence-electron chi connectivity index (χ2n) is 5.96. The van der Waals surface area contributed by atoms with Crippen LogP contribution in [-0.4, -0.2) is 41.1 Å². The molecule has 0 radical (unpaired) electrons. The minimum absolute atomic E-state index is 0.0604. The van der Waals surface area contributed by atoms with E-state index in [1.54, 1.807) is 4.90 Å². The van der Waals surface area contributed by atoms with E-state index in [9.17, 15) is 9.59 Å². The van der Waals surface area contributed by atoms with Crippen LogP contribution in [-0.2, 0) is 11.2 Å². The number of carboxylic acids is 1. The first-order valence-corrected chi connectivity index (χ1v) is 7.85. The van der Waals surface area contributed by atoms with Gasteiger partial charge in [0.05, 0.1) is 0 Å². The Morgan fingerprint density at radius 1 is 1.32 bits per heavy atom. The molecule has 1 aromatic carbocycles. The van der Waals surface area contributed by atoms with Crippen molar-refractivity contribution < 1.29 is 14.7 Å². The van der Waals surface area contributed by atoms with Crippen LogP contribution in [0.15, 0.2) is 30.3 Å². The number of carboxylic acid groups (broad SMARTS) is 1. The standard InChI is InChI=1S/C17H24N2O3/c1-19(15-8-5-9-15)17(22)18-14(10-11-16(20)21)12-13-6-3-2-4-7-13/h2-4,6-7,14-15H,5,8-12H2,1H3,(H,18,22)(H,20,21). The first kappa shape index (κ1) is 16.3. The predicted molar refractivity (Wildman–Crippen MR) is 84.7 cm³/mol. The van der Waals surface area contributed by atoms with Crippen molar-refractivity contribution in [3.05, 3.63) is 35.9 Å². The minimum atomic E-state index is -0.834. The van der Waals surface area contributed by atoms with Gasteiger partial charge < -0.3 is 15.3 Å². The summed E-state index contributed by atoms with van der Waals surface area (Å²) in [5, 5.41) is 11.9. The first-order valence-electron chi connectivity index (χ1n) is 7.85. The molecule has 1 fully saturated rings. The van der Waals surface area contributed by atoms with Gasteiger partial charge in [-0.1, -0.05) is 30.3 Å². The topological polar surface area (TPSA) is 69.6 Å². The normalized spacial score (nSPS) is 15.7. The number of hydrogen-bond donors (Lipinski definition) is 2. The monoisotopic (exact) mass is 304 g/mol. The van der Waals surface area contributed by atoms with Gasteiger partial charge in [0.25, 0.3) is 0 Å². The summed E-state index contributed by atoms with van der Waals surface area (Å²) in [6, 6.07) is 9.91. The molecule has 0 heterocycles. The second-order valence-corrected chi connectivity index (χ2v) is 5.96. The molecule has 1 aliphatic carbocycles. The van der Waals surface area contributed by atoms with E-state index in [-0.39, 0.29) is 18.5 Å². The van der Waals surface area contributed by atoms with Crippen LogP contribution in [0.25, 0.3) is 0 Å². The zero-order chi connectivity index (χ0) is 15.9. The van der Waals surface area contributed by atoms with Crippen molar-refractivity contribution in [2.24, 2.45) is 0 Å². The van der Waals surface area contributed by atoms with Crippen molar-refractivity contribution in [2.45, 2.75) is 50.6 Å². The molecular formula is C17H24N2O3. The minimum Gasteiger partial charge on any atom is -0.481 e. The van der Waals surface area contributed by atoms with Crippen LogP contribution in [0.1, 0.15) is 37.7 Å². The summed E-state index contributed by atoms with van der Waals surface area (Å²) in [6.45, 7) is 0. The fourth-order valence-corrected chi connectivity index (χ4v) is 2.64. The molecule has 2 rings (SSSR count). The molecule has 1 atom stereocenters. The summed E-state index contributed by atoms with van der Waals surface area (Å²) in [5.74, 6) is -0.834. The van der Waals surface area contributed by atoms with Crippen molar-refractivity contribution in [3.63, 3.8) is 0 Å². The van der Waals surface area contributed by atoms with E-state index in [1.807, 2.05) is 37.4 Å². The van der Waals surface area contributed by atoms with Crippen LogP contribution in [0, 0.1) is 0 Å². The van der Waals surface area contributed by atoms with Crippen LogP contribution < -0.4 is 5.32 Å². The maximum Gasteiger partial charge on any atom is 0.317 e. The van der Waals surface area contributed by atoms with E-state index in [1.165, 1.54) is 6.42 Å². The van der Waals surface area contributed by atoms with Crippen LogP contribution >= 0.6 is 0 Å². The fourth-order valence-electron chi connectivity index (χ4n) is 2.64. The molecule has 0 bridgehead atoms. The lowest BCUT2D eigenvalue weighted by molar-refractivity contribution is -0.137. The number of carbonyl (C=O) groups is 2. The number of carbonyl (C=O) groups excluding carboxylic acids is 1. The van der Waals surface area contributed by atoms with Crippen molar-refractivity contribution in [3.8, 4) is 0 Å².